The minimum atomic E-state index is -0.663. The van der Waals surface area contributed by atoms with Gasteiger partial charge in [0.15, 0.2) is 5.79 Å². The molecular formula is C27H42O4. The highest BCUT2D eigenvalue weighted by molar-refractivity contribution is 5.29. The first kappa shape index (κ1) is 21.1. The van der Waals surface area contributed by atoms with Crippen molar-refractivity contribution in [2.75, 3.05) is 6.61 Å². The van der Waals surface area contributed by atoms with E-state index in [4.69, 9.17) is 9.47 Å². The van der Waals surface area contributed by atoms with Crippen molar-refractivity contribution in [1.82, 2.24) is 0 Å². The molecule has 174 valence electrons. The fraction of sp³-hybridized carbons (Fsp3) is 0.926. The fourth-order valence-electron chi connectivity index (χ4n) is 9.62. The molecular weight excluding hydrogens is 388 g/mol. The second kappa shape index (κ2) is 6.58. The number of rotatable bonds is 0. The molecule has 0 unspecified atom stereocenters. The minimum absolute atomic E-state index is 0.107. The van der Waals surface area contributed by atoms with E-state index >= 15 is 0 Å². The molecule has 3 saturated carbocycles. The van der Waals surface area contributed by atoms with E-state index in [1.54, 1.807) is 0 Å². The van der Waals surface area contributed by atoms with Crippen molar-refractivity contribution in [1.29, 1.82) is 0 Å². The van der Waals surface area contributed by atoms with Crippen molar-refractivity contribution in [2.24, 2.45) is 40.4 Å². The van der Waals surface area contributed by atoms with Crippen LogP contribution in [0.1, 0.15) is 85.5 Å². The van der Waals surface area contributed by atoms with E-state index in [-0.39, 0.29) is 23.0 Å². The molecule has 0 aromatic heterocycles. The van der Waals surface area contributed by atoms with Gasteiger partial charge >= 0.3 is 0 Å². The zero-order valence-electron chi connectivity index (χ0n) is 19.9. The summed E-state index contributed by atoms with van der Waals surface area (Å²) < 4.78 is 13.2. The van der Waals surface area contributed by atoms with Crippen LogP contribution in [-0.2, 0) is 9.47 Å². The van der Waals surface area contributed by atoms with Gasteiger partial charge in [0, 0.05) is 30.1 Å². The quantitative estimate of drug-likeness (QED) is 0.541. The fourth-order valence-corrected chi connectivity index (χ4v) is 9.62. The Balaban J connectivity index is 1.32. The minimum Gasteiger partial charge on any atom is -0.393 e. The summed E-state index contributed by atoms with van der Waals surface area (Å²) in [6, 6.07) is 0. The molecule has 6 rings (SSSR count). The number of aliphatic hydroxyl groups excluding tert-OH is 1. The molecule has 0 bridgehead atoms. The van der Waals surface area contributed by atoms with Crippen molar-refractivity contribution in [3.8, 4) is 0 Å². The van der Waals surface area contributed by atoms with Gasteiger partial charge in [-0.3, -0.25) is 0 Å². The molecule has 2 aliphatic heterocycles. The Morgan fingerprint density at radius 3 is 2.58 bits per heavy atom. The molecule has 11 atom stereocenters. The van der Waals surface area contributed by atoms with E-state index in [1.165, 1.54) is 18.4 Å². The Morgan fingerprint density at radius 2 is 1.84 bits per heavy atom. The molecule has 0 aromatic carbocycles. The Morgan fingerprint density at radius 1 is 1.03 bits per heavy atom. The molecule has 4 nitrogen and oxygen atoms in total. The topological polar surface area (TPSA) is 58.9 Å². The van der Waals surface area contributed by atoms with E-state index in [0.717, 1.165) is 51.6 Å². The van der Waals surface area contributed by atoms with Crippen molar-refractivity contribution in [3.05, 3.63) is 11.6 Å². The highest BCUT2D eigenvalue weighted by Gasteiger charge is 2.74. The van der Waals surface area contributed by atoms with Crippen molar-refractivity contribution < 1.29 is 19.7 Å². The zero-order chi connectivity index (χ0) is 21.8. The SMILES string of the molecule is C[C@H]1CC[C@@]2(OC1)O[C@H]1C[C@@]3(O)[C@@H]4CC=C5C[C@@H](O)CC[C@]5(C)[C@H]4CC[C@]3(C)[C@H]1[C@@H]2C. The van der Waals surface area contributed by atoms with Crippen LogP contribution in [0.5, 0.6) is 0 Å². The lowest BCUT2D eigenvalue weighted by Crippen LogP contribution is -2.61. The van der Waals surface area contributed by atoms with Crippen LogP contribution < -0.4 is 0 Å². The lowest BCUT2D eigenvalue weighted by molar-refractivity contribution is -0.280. The Kier molecular flexibility index (Phi) is 4.49. The maximum atomic E-state index is 12.5. The smallest absolute Gasteiger partial charge is 0.171 e. The lowest BCUT2D eigenvalue weighted by atomic mass is 9.45. The van der Waals surface area contributed by atoms with Crippen LogP contribution in [0.2, 0.25) is 0 Å². The summed E-state index contributed by atoms with van der Waals surface area (Å²) in [4.78, 5) is 0. The van der Waals surface area contributed by atoms with E-state index in [1.807, 2.05) is 0 Å². The van der Waals surface area contributed by atoms with Gasteiger partial charge in [0.05, 0.1) is 24.4 Å². The van der Waals surface area contributed by atoms with Gasteiger partial charge in [-0.2, -0.15) is 0 Å². The van der Waals surface area contributed by atoms with Crippen LogP contribution in [0, 0.1) is 40.4 Å². The second-order valence-electron chi connectivity index (χ2n) is 12.8. The second-order valence-corrected chi connectivity index (χ2v) is 12.8. The van der Waals surface area contributed by atoms with E-state index in [0.29, 0.717) is 29.6 Å². The highest BCUT2D eigenvalue weighted by Crippen LogP contribution is 2.72. The zero-order valence-corrected chi connectivity index (χ0v) is 19.9. The van der Waals surface area contributed by atoms with Crippen molar-refractivity contribution in [3.63, 3.8) is 0 Å². The first-order chi connectivity index (χ1) is 14.6. The molecule has 2 N–H and O–H groups in total. The van der Waals surface area contributed by atoms with E-state index in [9.17, 15) is 10.2 Å². The predicted octanol–water partition coefficient (Wildman–Crippen LogP) is 4.83. The third-order valence-electron chi connectivity index (χ3n) is 11.5. The normalized spacial score (nSPS) is 60.7. The van der Waals surface area contributed by atoms with Gasteiger partial charge in [-0.1, -0.05) is 39.3 Å². The van der Waals surface area contributed by atoms with E-state index in [2.05, 4.69) is 33.8 Å². The Bertz CT molecular complexity index is 784. The number of ether oxygens (including phenoxy) is 2. The molecule has 6 aliphatic rings. The third kappa shape index (κ3) is 2.57. The average molecular weight is 431 g/mol. The molecule has 4 aliphatic carbocycles. The van der Waals surface area contributed by atoms with Crippen LogP contribution in [0.4, 0.5) is 0 Å². The van der Waals surface area contributed by atoms with Crippen LogP contribution >= 0.6 is 0 Å². The van der Waals surface area contributed by atoms with Crippen molar-refractivity contribution >= 4 is 0 Å². The van der Waals surface area contributed by atoms with E-state index < -0.39 is 11.4 Å². The summed E-state index contributed by atoms with van der Waals surface area (Å²) in [5.41, 5.74) is 0.841. The molecule has 4 heteroatoms. The van der Waals surface area contributed by atoms with Crippen LogP contribution in [0.3, 0.4) is 0 Å². The number of fused-ring (bicyclic) bond motifs is 7. The standard InChI is InChI=1S/C27H42O4/c1-16-7-12-27(30-15-16)17(2)23-22(31-27)14-26(29)21-6-5-18-13-19(28)8-10-24(18,3)20(21)9-11-25(23,26)4/h5,16-17,19-23,28-29H,6-15H2,1-4H3/t16-,17-,19-,20-,21+,22-,23-,24-,25+,26+,27+/m0/s1. The van der Waals surface area contributed by atoms with Gasteiger partial charge in [0.25, 0.3) is 0 Å². The maximum absolute atomic E-state index is 12.5. The molecule has 31 heavy (non-hydrogen) atoms. The van der Waals surface area contributed by atoms with Gasteiger partial charge < -0.3 is 19.7 Å². The first-order valence-corrected chi connectivity index (χ1v) is 13.0. The molecule has 5 fully saturated rings. The van der Waals surface area contributed by atoms with Gasteiger partial charge in [0.2, 0.25) is 0 Å². The van der Waals surface area contributed by atoms with Gasteiger partial charge in [-0.05, 0) is 68.1 Å². The Labute approximate surface area is 187 Å². The number of hydrogen-bond acceptors (Lipinski definition) is 4. The highest BCUT2D eigenvalue weighted by atomic mass is 16.7. The molecule has 0 amide bonds. The Hall–Kier alpha value is -0.420. The summed E-state index contributed by atoms with van der Waals surface area (Å²) in [5.74, 6) is 1.72. The number of aliphatic hydroxyl groups is 2. The monoisotopic (exact) mass is 430 g/mol. The molecule has 0 aromatic rings. The van der Waals surface area contributed by atoms with Crippen LogP contribution in [0.25, 0.3) is 0 Å². The lowest BCUT2D eigenvalue weighted by Gasteiger charge is -2.61. The molecule has 2 saturated heterocycles. The first-order valence-electron chi connectivity index (χ1n) is 13.0. The third-order valence-corrected chi connectivity index (χ3v) is 11.5. The van der Waals surface area contributed by atoms with Gasteiger partial charge in [-0.15, -0.1) is 0 Å². The summed E-state index contributed by atoms with van der Waals surface area (Å²) in [7, 11) is 0. The average Bonchev–Trinajstić information content (AvgIpc) is 3.12. The molecule has 1 spiro atoms. The largest absolute Gasteiger partial charge is 0.393 e. The summed E-state index contributed by atoms with van der Waals surface area (Å²) in [6.07, 6.45) is 11.3. The molecule has 0 radical (unpaired) electrons. The molecule has 2 heterocycles. The predicted molar refractivity (Wildman–Crippen MR) is 119 cm³/mol. The number of hydrogen-bond donors (Lipinski definition) is 2. The summed E-state index contributed by atoms with van der Waals surface area (Å²) in [6.45, 7) is 10.2. The summed E-state index contributed by atoms with van der Waals surface area (Å²) in [5, 5.41) is 22.7. The van der Waals surface area contributed by atoms with Gasteiger partial charge in [-0.25, -0.2) is 0 Å². The summed E-state index contributed by atoms with van der Waals surface area (Å²) >= 11 is 0. The van der Waals surface area contributed by atoms with Crippen LogP contribution in [0.15, 0.2) is 11.6 Å². The van der Waals surface area contributed by atoms with Crippen molar-refractivity contribution in [2.45, 2.75) is 109 Å². The van der Waals surface area contributed by atoms with Gasteiger partial charge in [0.1, 0.15) is 0 Å². The maximum Gasteiger partial charge on any atom is 0.171 e. The number of allylic oxidation sites excluding steroid dienone is 1. The van der Waals surface area contributed by atoms with Crippen LogP contribution in [-0.4, -0.2) is 40.4 Å².